The van der Waals surface area contributed by atoms with Gasteiger partial charge in [-0.25, -0.2) is 0 Å². The van der Waals surface area contributed by atoms with E-state index in [1.165, 1.54) is 30.2 Å². The first kappa shape index (κ1) is 13.3. The molecule has 1 aromatic carbocycles. The van der Waals surface area contributed by atoms with Gasteiger partial charge in [0.05, 0.1) is 5.52 Å². The van der Waals surface area contributed by atoms with E-state index in [0.717, 1.165) is 35.5 Å². The lowest BCUT2D eigenvalue weighted by Crippen LogP contribution is -2.27. The smallest absolute Gasteiger partial charge is 0.0705 e. The number of aromatic nitrogens is 1. The number of nitrogens with one attached hydrogen (secondary N) is 1. The van der Waals surface area contributed by atoms with Crippen LogP contribution in [0.4, 0.5) is 0 Å². The quantitative estimate of drug-likeness (QED) is 0.906. The van der Waals surface area contributed by atoms with Crippen LogP contribution >= 0.6 is 0 Å². The molecule has 0 radical (unpaired) electrons. The Morgan fingerprint density at radius 1 is 1.14 bits per heavy atom. The molecule has 1 N–H and O–H groups in total. The van der Waals surface area contributed by atoms with E-state index in [1.54, 1.807) is 0 Å². The summed E-state index contributed by atoms with van der Waals surface area (Å²) >= 11 is 0. The second kappa shape index (κ2) is 5.10. The van der Waals surface area contributed by atoms with Crippen LogP contribution in [0.2, 0.25) is 0 Å². The second-order valence-electron chi connectivity index (χ2n) is 6.93. The maximum Gasteiger partial charge on any atom is 0.0705 e. The lowest BCUT2D eigenvalue weighted by molar-refractivity contribution is 0.347. The van der Waals surface area contributed by atoms with Gasteiger partial charge in [-0.2, -0.15) is 0 Å². The van der Waals surface area contributed by atoms with Crippen molar-refractivity contribution in [1.29, 1.82) is 0 Å². The minimum absolute atomic E-state index is 0.522. The average molecular weight is 280 g/mol. The molecule has 3 unspecified atom stereocenters. The third-order valence-electron chi connectivity index (χ3n) is 5.39. The van der Waals surface area contributed by atoms with Gasteiger partial charge in [-0.05, 0) is 74.2 Å². The first-order chi connectivity index (χ1) is 10.2. The van der Waals surface area contributed by atoms with E-state index >= 15 is 0 Å². The van der Waals surface area contributed by atoms with Gasteiger partial charge in [0.1, 0.15) is 0 Å². The molecule has 2 aliphatic rings. The molecule has 2 aromatic rings. The Balaban J connectivity index is 1.66. The minimum atomic E-state index is 0.522. The van der Waals surface area contributed by atoms with Gasteiger partial charge >= 0.3 is 0 Å². The fraction of sp³-hybridized carbons (Fsp3) is 0.526. The fourth-order valence-electron chi connectivity index (χ4n) is 4.25. The standard InChI is InChI=1S/C19H24N2/c1-3-20-19(17-10-15-9-16(15)11-17)14-6-7-18-13(8-14)5-4-12(2)21-18/h4-8,15-17,19-20H,3,9-11H2,1-2H3. The van der Waals surface area contributed by atoms with Gasteiger partial charge in [-0.1, -0.05) is 19.1 Å². The highest BCUT2D eigenvalue weighted by Crippen LogP contribution is 2.57. The van der Waals surface area contributed by atoms with E-state index in [2.05, 4.69) is 54.5 Å². The largest absolute Gasteiger partial charge is 0.310 e. The Kier molecular flexibility index (Phi) is 3.22. The molecule has 0 spiro atoms. The van der Waals surface area contributed by atoms with Crippen LogP contribution in [0.3, 0.4) is 0 Å². The third-order valence-corrected chi connectivity index (χ3v) is 5.39. The van der Waals surface area contributed by atoms with Crippen molar-refractivity contribution in [3.8, 4) is 0 Å². The summed E-state index contributed by atoms with van der Waals surface area (Å²) < 4.78 is 0. The van der Waals surface area contributed by atoms with Gasteiger partial charge in [0.2, 0.25) is 0 Å². The molecule has 0 amide bonds. The monoisotopic (exact) mass is 280 g/mol. The molecule has 1 aromatic heterocycles. The molecule has 3 atom stereocenters. The molecule has 0 bridgehead atoms. The summed E-state index contributed by atoms with van der Waals surface area (Å²) in [5.74, 6) is 2.91. The lowest BCUT2D eigenvalue weighted by atomic mass is 9.88. The van der Waals surface area contributed by atoms with Gasteiger partial charge in [0, 0.05) is 17.1 Å². The number of benzene rings is 1. The summed E-state index contributed by atoms with van der Waals surface area (Å²) in [7, 11) is 0. The Morgan fingerprint density at radius 3 is 2.71 bits per heavy atom. The molecule has 2 saturated carbocycles. The van der Waals surface area contributed by atoms with Gasteiger partial charge < -0.3 is 5.32 Å². The summed E-state index contributed by atoms with van der Waals surface area (Å²) in [5, 5.41) is 5.01. The topological polar surface area (TPSA) is 24.9 Å². The van der Waals surface area contributed by atoms with Crippen molar-refractivity contribution in [3.05, 3.63) is 41.6 Å². The molecule has 2 heteroatoms. The summed E-state index contributed by atoms with van der Waals surface area (Å²) in [6, 6.07) is 11.7. The number of nitrogens with zero attached hydrogens (tertiary/aromatic N) is 1. The summed E-state index contributed by atoms with van der Waals surface area (Å²) in [5.41, 5.74) is 3.65. The van der Waals surface area contributed by atoms with Crippen molar-refractivity contribution in [2.24, 2.45) is 17.8 Å². The SMILES string of the molecule is CCNC(c1ccc2nc(C)ccc2c1)C1CC2CC2C1. The summed E-state index contributed by atoms with van der Waals surface area (Å²) in [4.78, 5) is 4.62. The van der Waals surface area contributed by atoms with Crippen molar-refractivity contribution in [2.45, 2.75) is 39.2 Å². The van der Waals surface area contributed by atoms with E-state index in [-0.39, 0.29) is 0 Å². The second-order valence-corrected chi connectivity index (χ2v) is 6.93. The number of rotatable bonds is 4. The first-order valence-electron chi connectivity index (χ1n) is 8.35. The van der Waals surface area contributed by atoms with E-state index in [0.29, 0.717) is 6.04 Å². The van der Waals surface area contributed by atoms with E-state index in [9.17, 15) is 0 Å². The van der Waals surface area contributed by atoms with Crippen LogP contribution in [0.25, 0.3) is 10.9 Å². The maximum absolute atomic E-state index is 4.62. The van der Waals surface area contributed by atoms with E-state index in [4.69, 9.17) is 0 Å². The van der Waals surface area contributed by atoms with Crippen LogP contribution in [0.5, 0.6) is 0 Å². The number of hydrogen-bond acceptors (Lipinski definition) is 2. The predicted molar refractivity (Wildman–Crippen MR) is 87.2 cm³/mol. The third kappa shape index (κ3) is 2.46. The number of hydrogen-bond donors (Lipinski definition) is 1. The number of aryl methyl sites for hydroxylation is 1. The normalized spacial score (nSPS) is 28.6. The molecule has 2 nitrogen and oxygen atoms in total. The number of fused-ring (bicyclic) bond motifs is 2. The molecule has 2 aliphatic carbocycles. The molecule has 0 aliphatic heterocycles. The Labute approximate surface area is 127 Å². The van der Waals surface area contributed by atoms with Crippen molar-refractivity contribution in [1.82, 2.24) is 10.3 Å². The van der Waals surface area contributed by atoms with Crippen LogP contribution < -0.4 is 5.32 Å². The lowest BCUT2D eigenvalue weighted by Gasteiger charge is -2.26. The van der Waals surface area contributed by atoms with Crippen molar-refractivity contribution >= 4 is 10.9 Å². The molecule has 4 rings (SSSR count). The fourth-order valence-corrected chi connectivity index (χ4v) is 4.25. The zero-order valence-electron chi connectivity index (χ0n) is 13.0. The van der Waals surface area contributed by atoms with E-state index in [1.807, 2.05) is 0 Å². The van der Waals surface area contributed by atoms with E-state index < -0.39 is 0 Å². The van der Waals surface area contributed by atoms with Crippen LogP contribution in [0.15, 0.2) is 30.3 Å². The Morgan fingerprint density at radius 2 is 1.95 bits per heavy atom. The van der Waals surface area contributed by atoms with Crippen molar-refractivity contribution < 1.29 is 0 Å². The average Bonchev–Trinajstić information content (AvgIpc) is 3.10. The van der Waals surface area contributed by atoms with Crippen molar-refractivity contribution in [2.75, 3.05) is 6.54 Å². The molecule has 1 heterocycles. The molecular weight excluding hydrogens is 256 g/mol. The van der Waals surface area contributed by atoms with Crippen LogP contribution in [-0.2, 0) is 0 Å². The van der Waals surface area contributed by atoms with Crippen molar-refractivity contribution in [3.63, 3.8) is 0 Å². The first-order valence-corrected chi connectivity index (χ1v) is 8.35. The zero-order chi connectivity index (χ0) is 14.4. The predicted octanol–water partition coefficient (Wildman–Crippen LogP) is 4.24. The molecule has 2 fully saturated rings. The summed E-state index contributed by atoms with van der Waals surface area (Å²) in [6.07, 6.45) is 4.34. The van der Waals surface area contributed by atoms with Gasteiger partial charge in [-0.3, -0.25) is 4.98 Å². The maximum atomic E-state index is 4.62. The molecule has 0 saturated heterocycles. The highest BCUT2D eigenvalue weighted by molar-refractivity contribution is 5.79. The van der Waals surface area contributed by atoms with Crippen LogP contribution in [0, 0.1) is 24.7 Å². The minimum Gasteiger partial charge on any atom is -0.310 e. The van der Waals surface area contributed by atoms with Crippen LogP contribution in [-0.4, -0.2) is 11.5 Å². The molecular formula is C19H24N2. The zero-order valence-corrected chi connectivity index (χ0v) is 13.0. The Bertz CT molecular complexity index is 654. The number of pyridine rings is 1. The summed E-state index contributed by atoms with van der Waals surface area (Å²) in [6.45, 7) is 5.31. The highest BCUT2D eigenvalue weighted by atomic mass is 14.9. The van der Waals surface area contributed by atoms with Gasteiger partial charge in [-0.15, -0.1) is 0 Å². The molecule has 110 valence electrons. The van der Waals surface area contributed by atoms with Crippen LogP contribution in [0.1, 0.15) is 43.5 Å². The molecule has 21 heavy (non-hydrogen) atoms. The van der Waals surface area contributed by atoms with Gasteiger partial charge in [0.25, 0.3) is 0 Å². The Hall–Kier alpha value is -1.41. The highest BCUT2D eigenvalue weighted by Gasteiger charge is 2.47. The van der Waals surface area contributed by atoms with Gasteiger partial charge in [0.15, 0.2) is 0 Å².